The molecule has 106 valence electrons. The molecule has 1 aromatic carbocycles. The first kappa shape index (κ1) is 14.5. The summed E-state index contributed by atoms with van der Waals surface area (Å²) in [6.45, 7) is 1.24. The summed E-state index contributed by atoms with van der Waals surface area (Å²) in [5, 5.41) is 8.46. The van der Waals surface area contributed by atoms with E-state index >= 15 is 0 Å². The Kier molecular flexibility index (Phi) is 5.52. The Balaban J connectivity index is 1.83. The number of aromatic nitrogens is 1. The van der Waals surface area contributed by atoms with Crippen LogP contribution in [-0.4, -0.2) is 31.3 Å². The highest BCUT2D eigenvalue weighted by molar-refractivity contribution is 7.13. The number of thiazole rings is 1. The van der Waals surface area contributed by atoms with Crippen LogP contribution >= 0.6 is 11.3 Å². The molecule has 0 saturated carbocycles. The predicted molar refractivity (Wildman–Crippen MR) is 81.1 cm³/mol. The molecular formula is C14H17N3O2S. The molecule has 0 atom stereocenters. The van der Waals surface area contributed by atoms with Crippen LogP contribution in [0, 0.1) is 0 Å². The number of rotatable bonds is 6. The van der Waals surface area contributed by atoms with Gasteiger partial charge in [0.15, 0.2) is 0 Å². The van der Waals surface area contributed by atoms with Gasteiger partial charge in [-0.1, -0.05) is 0 Å². The van der Waals surface area contributed by atoms with Gasteiger partial charge in [0, 0.05) is 43.1 Å². The number of anilines is 1. The number of hydrogen-bond donors (Lipinski definition) is 2. The number of nitrogens with zero attached hydrogens (tertiary/aromatic N) is 1. The van der Waals surface area contributed by atoms with Gasteiger partial charge in [0.2, 0.25) is 0 Å². The molecule has 2 N–H and O–H groups in total. The van der Waals surface area contributed by atoms with E-state index in [9.17, 15) is 4.79 Å². The monoisotopic (exact) mass is 291 g/mol. The van der Waals surface area contributed by atoms with Crippen molar-refractivity contribution in [3.8, 4) is 10.6 Å². The summed E-state index contributed by atoms with van der Waals surface area (Å²) >= 11 is 1.59. The highest BCUT2D eigenvalue weighted by Crippen LogP contribution is 2.23. The lowest BCUT2D eigenvalue weighted by atomic mass is 10.2. The maximum Gasteiger partial charge on any atom is 0.319 e. The lowest BCUT2D eigenvalue weighted by molar-refractivity contribution is 0.194. The average molecular weight is 291 g/mol. The second kappa shape index (κ2) is 7.62. The second-order valence-electron chi connectivity index (χ2n) is 4.14. The van der Waals surface area contributed by atoms with Crippen molar-refractivity contribution in [2.45, 2.75) is 6.42 Å². The number of amides is 2. The van der Waals surface area contributed by atoms with Gasteiger partial charge < -0.3 is 15.4 Å². The van der Waals surface area contributed by atoms with Gasteiger partial charge >= 0.3 is 6.03 Å². The van der Waals surface area contributed by atoms with Gasteiger partial charge in [-0.25, -0.2) is 9.78 Å². The van der Waals surface area contributed by atoms with Gasteiger partial charge in [0.05, 0.1) is 0 Å². The molecule has 6 heteroatoms. The van der Waals surface area contributed by atoms with Crippen molar-refractivity contribution < 1.29 is 9.53 Å². The molecule has 1 heterocycles. The molecular weight excluding hydrogens is 274 g/mol. The van der Waals surface area contributed by atoms with Crippen molar-refractivity contribution in [3.63, 3.8) is 0 Å². The van der Waals surface area contributed by atoms with Crippen LogP contribution < -0.4 is 10.6 Å². The molecule has 2 aromatic rings. The van der Waals surface area contributed by atoms with Gasteiger partial charge in [0.25, 0.3) is 0 Å². The van der Waals surface area contributed by atoms with Crippen molar-refractivity contribution in [1.82, 2.24) is 10.3 Å². The van der Waals surface area contributed by atoms with Crippen molar-refractivity contribution in [3.05, 3.63) is 35.8 Å². The zero-order valence-electron chi connectivity index (χ0n) is 11.3. The van der Waals surface area contributed by atoms with Crippen LogP contribution in [0.15, 0.2) is 35.8 Å². The zero-order chi connectivity index (χ0) is 14.2. The SMILES string of the molecule is COCCCNC(=O)Nc1ccc(-c2nccs2)cc1. The Labute approximate surface area is 122 Å². The summed E-state index contributed by atoms with van der Waals surface area (Å²) in [7, 11) is 1.64. The standard InChI is InChI=1S/C14H17N3O2S/c1-19-9-2-7-16-14(18)17-12-5-3-11(4-6-12)13-15-8-10-20-13/h3-6,8,10H,2,7,9H2,1H3,(H2,16,17,18). The molecule has 2 amide bonds. The molecule has 0 aliphatic rings. The summed E-state index contributed by atoms with van der Waals surface area (Å²) in [6.07, 6.45) is 2.58. The molecule has 0 unspecified atom stereocenters. The van der Waals surface area contributed by atoms with Crippen LogP contribution in [0.4, 0.5) is 10.5 Å². The molecule has 0 aliphatic heterocycles. The van der Waals surface area contributed by atoms with Crippen LogP contribution in [0.5, 0.6) is 0 Å². The second-order valence-corrected chi connectivity index (χ2v) is 5.04. The first-order chi connectivity index (χ1) is 9.79. The number of carbonyl (C=O) groups excluding carboxylic acids is 1. The Morgan fingerprint density at radius 1 is 1.35 bits per heavy atom. The fraction of sp³-hybridized carbons (Fsp3) is 0.286. The predicted octanol–water partition coefficient (Wildman–Crippen LogP) is 2.97. The first-order valence-electron chi connectivity index (χ1n) is 6.33. The molecule has 0 saturated heterocycles. The molecule has 0 spiro atoms. The number of urea groups is 1. The highest BCUT2D eigenvalue weighted by Gasteiger charge is 2.03. The molecule has 20 heavy (non-hydrogen) atoms. The summed E-state index contributed by atoms with van der Waals surface area (Å²) < 4.78 is 4.91. The van der Waals surface area contributed by atoms with E-state index in [1.807, 2.05) is 29.6 Å². The Morgan fingerprint density at radius 2 is 2.15 bits per heavy atom. The minimum Gasteiger partial charge on any atom is -0.385 e. The topological polar surface area (TPSA) is 63.2 Å². The smallest absolute Gasteiger partial charge is 0.319 e. The van der Waals surface area contributed by atoms with Crippen LogP contribution in [0.25, 0.3) is 10.6 Å². The van der Waals surface area contributed by atoms with E-state index in [1.165, 1.54) is 0 Å². The number of benzene rings is 1. The summed E-state index contributed by atoms with van der Waals surface area (Å²) in [4.78, 5) is 15.9. The Morgan fingerprint density at radius 3 is 2.80 bits per heavy atom. The Bertz CT molecular complexity index is 526. The van der Waals surface area contributed by atoms with E-state index in [-0.39, 0.29) is 6.03 Å². The fourth-order valence-corrected chi connectivity index (χ4v) is 2.30. The number of hydrogen-bond acceptors (Lipinski definition) is 4. The van der Waals surface area contributed by atoms with Crippen LogP contribution in [0.3, 0.4) is 0 Å². The summed E-state index contributed by atoms with van der Waals surface area (Å²) in [6, 6.07) is 7.42. The van der Waals surface area contributed by atoms with Gasteiger partial charge in [-0.05, 0) is 30.7 Å². The minimum atomic E-state index is -0.205. The van der Waals surface area contributed by atoms with E-state index in [2.05, 4.69) is 15.6 Å². The van der Waals surface area contributed by atoms with Crippen LogP contribution in [-0.2, 0) is 4.74 Å². The first-order valence-corrected chi connectivity index (χ1v) is 7.21. The number of methoxy groups -OCH3 is 1. The third-order valence-corrected chi connectivity index (χ3v) is 3.46. The average Bonchev–Trinajstić information content (AvgIpc) is 2.99. The zero-order valence-corrected chi connectivity index (χ0v) is 12.1. The maximum absolute atomic E-state index is 11.6. The normalized spacial score (nSPS) is 10.2. The van der Waals surface area contributed by atoms with Gasteiger partial charge in [-0.3, -0.25) is 0 Å². The van der Waals surface area contributed by atoms with E-state index in [4.69, 9.17) is 4.74 Å². The molecule has 1 aromatic heterocycles. The highest BCUT2D eigenvalue weighted by atomic mass is 32.1. The van der Waals surface area contributed by atoms with E-state index in [0.717, 1.165) is 22.7 Å². The van der Waals surface area contributed by atoms with Crippen molar-refractivity contribution >= 4 is 23.1 Å². The van der Waals surface area contributed by atoms with Gasteiger partial charge in [-0.2, -0.15) is 0 Å². The number of nitrogens with one attached hydrogen (secondary N) is 2. The van der Waals surface area contributed by atoms with E-state index in [1.54, 1.807) is 24.6 Å². The third-order valence-electron chi connectivity index (χ3n) is 2.63. The fourth-order valence-electron chi connectivity index (χ4n) is 1.66. The van der Waals surface area contributed by atoms with Gasteiger partial charge in [0.1, 0.15) is 5.01 Å². The summed E-state index contributed by atoms with van der Waals surface area (Å²) in [5.41, 5.74) is 1.81. The number of carbonyl (C=O) groups is 1. The van der Waals surface area contributed by atoms with Crippen LogP contribution in [0.2, 0.25) is 0 Å². The third kappa shape index (κ3) is 4.32. The lowest BCUT2D eigenvalue weighted by Crippen LogP contribution is -2.29. The Hall–Kier alpha value is -1.92. The van der Waals surface area contributed by atoms with Gasteiger partial charge in [-0.15, -0.1) is 11.3 Å². The molecule has 0 fully saturated rings. The molecule has 0 bridgehead atoms. The van der Waals surface area contributed by atoms with E-state index in [0.29, 0.717) is 13.2 Å². The van der Waals surface area contributed by atoms with Crippen molar-refractivity contribution in [2.75, 3.05) is 25.6 Å². The molecule has 0 aliphatic carbocycles. The van der Waals surface area contributed by atoms with Crippen molar-refractivity contribution in [1.29, 1.82) is 0 Å². The quantitative estimate of drug-likeness (QED) is 0.804. The van der Waals surface area contributed by atoms with E-state index < -0.39 is 0 Å². The minimum absolute atomic E-state index is 0.205. The maximum atomic E-state index is 11.6. The largest absolute Gasteiger partial charge is 0.385 e. The molecule has 5 nitrogen and oxygen atoms in total. The molecule has 2 rings (SSSR count). The molecule has 0 radical (unpaired) electrons. The summed E-state index contributed by atoms with van der Waals surface area (Å²) in [5.74, 6) is 0. The number of ether oxygens (including phenoxy) is 1. The van der Waals surface area contributed by atoms with Crippen LogP contribution in [0.1, 0.15) is 6.42 Å². The van der Waals surface area contributed by atoms with Crippen molar-refractivity contribution in [2.24, 2.45) is 0 Å². The lowest BCUT2D eigenvalue weighted by Gasteiger charge is -2.07.